The molecule has 0 fully saturated rings. The molecule has 0 aliphatic carbocycles. The van der Waals surface area contributed by atoms with Crippen LogP contribution in [0.5, 0.6) is 0 Å². The van der Waals surface area contributed by atoms with Crippen molar-refractivity contribution in [3.8, 4) is 5.69 Å². The van der Waals surface area contributed by atoms with Crippen molar-refractivity contribution in [2.45, 2.75) is 18.1 Å². The Labute approximate surface area is 176 Å². The zero-order valence-electron chi connectivity index (χ0n) is 16.4. The molecule has 0 bridgehead atoms. The fourth-order valence-corrected chi connectivity index (χ4v) is 3.66. The van der Waals surface area contributed by atoms with Crippen molar-refractivity contribution in [1.29, 1.82) is 0 Å². The molecule has 1 aromatic heterocycles. The third kappa shape index (κ3) is 4.85. The van der Waals surface area contributed by atoms with Gasteiger partial charge in [0.25, 0.3) is 0 Å². The molecule has 1 heterocycles. The lowest BCUT2D eigenvalue weighted by Gasteiger charge is -2.18. The molecule has 0 aliphatic rings. The smallest absolute Gasteiger partial charge is 0.246 e. The summed E-state index contributed by atoms with van der Waals surface area (Å²) in [7, 11) is 1.40. The molecule has 2 aromatic carbocycles. The molecule has 0 radical (unpaired) electrons. The number of benzene rings is 2. The highest BCUT2D eigenvalue weighted by molar-refractivity contribution is 7.99. The van der Waals surface area contributed by atoms with Crippen LogP contribution in [0.2, 0.25) is 0 Å². The summed E-state index contributed by atoms with van der Waals surface area (Å²) in [5, 5.41) is 5.60. The summed E-state index contributed by atoms with van der Waals surface area (Å²) in [6.07, 6.45) is 3.44. The molecule has 2 N–H and O–H groups in total. The molecular weight excluding hydrogens is 410 g/mol. The summed E-state index contributed by atoms with van der Waals surface area (Å²) >= 11 is 1.20. The molecule has 30 heavy (non-hydrogen) atoms. The van der Waals surface area contributed by atoms with Crippen LogP contribution in [0.15, 0.2) is 60.0 Å². The first-order valence-electron chi connectivity index (χ1n) is 9.08. The molecule has 0 saturated carbocycles. The molecule has 1 unspecified atom stereocenters. The minimum atomic E-state index is -1.14. The standard InChI is InChI=1S/C21H20F2N4O2S/c1-13-5-3-4-6-17(13)27-10-9-25-21(27)30-12-18(28)26-19(20(29)24-2)14-7-8-15(22)16(23)11-14/h3-11,19H,12H2,1-2H3,(H,24,29)(H,26,28). The van der Waals surface area contributed by atoms with Crippen molar-refractivity contribution >= 4 is 23.6 Å². The molecular formula is C21H20F2N4O2S. The van der Waals surface area contributed by atoms with E-state index in [0.29, 0.717) is 5.16 Å². The van der Waals surface area contributed by atoms with Gasteiger partial charge in [0.15, 0.2) is 16.8 Å². The highest BCUT2D eigenvalue weighted by Crippen LogP contribution is 2.23. The van der Waals surface area contributed by atoms with Crippen molar-refractivity contribution in [3.05, 3.63) is 77.6 Å². The minimum Gasteiger partial charge on any atom is -0.357 e. The Kier molecular flexibility index (Phi) is 6.83. The highest BCUT2D eigenvalue weighted by Gasteiger charge is 2.23. The maximum atomic E-state index is 13.6. The van der Waals surface area contributed by atoms with Gasteiger partial charge in [-0.05, 0) is 36.2 Å². The van der Waals surface area contributed by atoms with Crippen molar-refractivity contribution in [3.63, 3.8) is 0 Å². The topological polar surface area (TPSA) is 76.0 Å². The van der Waals surface area contributed by atoms with Crippen LogP contribution in [0.25, 0.3) is 5.69 Å². The van der Waals surface area contributed by atoms with E-state index < -0.39 is 29.5 Å². The van der Waals surface area contributed by atoms with Crippen molar-refractivity contribution in [2.75, 3.05) is 12.8 Å². The van der Waals surface area contributed by atoms with E-state index >= 15 is 0 Å². The van der Waals surface area contributed by atoms with Crippen molar-refractivity contribution in [1.82, 2.24) is 20.2 Å². The second kappa shape index (κ2) is 9.53. The molecule has 0 aliphatic heterocycles. The van der Waals surface area contributed by atoms with Gasteiger partial charge >= 0.3 is 0 Å². The summed E-state index contributed by atoms with van der Waals surface area (Å²) in [5.74, 6) is -3.12. The monoisotopic (exact) mass is 430 g/mol. The average Bonchev–Trinajstić information content (AvgIpc) is 3.20. The number of nitrogens with zero attached hydrogens (tertiary/aromatic N) is 2. The van der Waals surface area contributed by atoms with Gasteiger partial charge < -0.3 is 10.6 Å². The number of carbonyl (C=O) groups is 2. The largest absolute Gasteiger partial charge is 0.357 e. The van der Waals surface area contributed by atoms with E-state index in [4.69, 9.17) is 0 Å². The first-order chi connectivity index (χ1) is 14.4. The number of nitrogens with one attached hydrogen (secondary N) is 2. The van der Waals surface area contributed by atoms with Gasteiger partial charge in [0.05, 0.1) is 11.4 Å². The summed E-state index contributed by atoms with van der Waals surface area (Å²) in [5.41, 5.74) is 2.15. The fraction of sp³-hybridized carbons (Fsp3) is 0.190. The second-order valence-electron chi connectivity index (χ2n) is 6.44. The lowest BCUT2D eigenvalue weighted by atomic mass is 10.1. The third-order valence-electron chi connectivity index (χ3n) is 4.41. The zero-order chi connectivity index (χ0) is 21.7. The SMILES string of the molecule is CNC(=O)C(NC(=O)CSc1nccn1-c1ccccc1C)c1ccc(F)c(F)c1. The summed E-state index contributed by atoms with van der Waals surface area (Å²) in [4.78, 5) is 29.0. The van der Waals surface area contributed by atoms with Crippen molar-refractivity contribution in [2.24, 2.45) is 0 Å². The molecule has 156 valence electrons. The van der Waals surface area contributed by atoms with E-state index in [-0.39, 0.29) is 11.3 Å². The van der Waals surface area contributed by atoms with Gasteiger partial charge in [-0.1, -0.05) is 36.0 Å². The zero-order valence-corrected chi connectivity index (χ0v) is 17.2. The van der Waals surface area contributed by atoms with Gasteiger partial charge in [-0.2, -0.15) is 0 Å². The number of hydrogen-bond acceptors (Lipinski definition) is 4. The minimum absolute atomic E-state index is 0.0138. The fourth-order valence-electron chi connectivity index (χ4n) is 2.88. The Morgan fingerprint density at radius 2 is 1.93 bits per heavy atom. The van der Waals surface area contributed by atoms with Gasteiger partial charge in [-0.15, -0.1) is 0 Å². The van der Waals surface area contributed by atoms with E-state index in [1.54, 1.807) is 12.4 Å². The maximum absolute atomic E-state index is 13.6. The van der Waals surface area contributed by atoms with Crippen LogP contribution in [0.3, 0.4) is 0 Å². The number of aryl methyl sites for hydroxylation is 1. The number of rotatable bonds is 7. The van der Waals surface area contributed by atoms with Crippen molar-refractivity contribution < 1.29 is 18.4 Å². The Balaban J connectivity index is 1.71. The Morgan fingerprint density at radius 1 is 1.17 bits per heavy atom. The number of amides is 2. The molecule has 3 rings (SSSR count). The number of halogens is 2. The quantitative estimate of drug-likeness (QED) is 0.565. The highest BCUT2D eigenvalue weighted by atomic mass is 32.2. The van der Waals surface area contributed by atoms with E-state index in [9.17, 15) is 18.4 Å². The van der Waals surface area contributed by atoms with Crippen LogP contribution in [-0.4, -0.2) is 34.2 Å². The first-order valence-corrected chi connectivity index (χ1v) is 10.1. The van der Waals surface area contributed by atoms with Gasteiger partial charge in [0.1, 0.15) is 6.04 Å². The van der Waals surface area contributed by atoms with Crippen LogP contribution in [0.1, 0.15) is 17.2 Å². The normalized spacial score (nSPS) is 11.7. The number of likely N-dealkylation sites (N-methyl/N-ethyl adjacent to an activating group) is 1. The average molecular weight is 430 g/mol. The van der Waals surface area contributed by atoms with Crippen LogP contribution in [0.4, 0.5) is 8.78 Å². The van der Waals surface area contributed by atoms with Gasteiger partial charge in [-0.25, -0.2) is 13.8 Å². The van der Waals surface area contributed by atoms with Crippen LogP contribution < -0.4 is 10.6 Å². The Hall–Kier alpha value is -3.20. The van der Waals surface area contributed by atoms with Crippen LogP contribution in [-0.2, 0) is 9.59 Å². The van der Waals surface area contributed by atoms with Gasteiger partial charge in [0.2, 0.25) is 11.8 Å². The molecule has 6 nitrogen and oxygen atoms in total. The molecule has 0 saturated heterocycles. The number of carbonyl (C=O) groups excluding carboxylic acids is 2. The predicted octanol–water partition coefficient (Wildman–Crippen LogP) is 3.15. The van der Waals surface area contributed by atoms with E-state index in [2.05, 4.69) is 15.6 Å². The van der Waals surface area contributed by atoms with Crippen LogP contribution in [0, 0.1) is 18.6 Å². The lowest BCUT2D eigenvalue weighted by Crippen LogP contribution is -2.39. The Morgan fingerprint density at radius 3 is 2.63 bits per heavy atom. The number of para-hydroxylation sites is 1. The maximum Gasteiger partial charge on any atom is 0.246 e. The number of aromatic nitrogens is 2. The van der Waals surface area contributed by atoms with Gasteiger partial charge in [-0.3, -0.25) is 14.2 Å². The number of hydrogen-bond donors (Lipinski definition) is 2. The second-order valence-corrected chi connectivity index (χ2v) is 7.39. The van der Waals surface area contributed by atoms with E-state index in [1.807, 2.05) is 35.8 Å². The summed E-state index contributed by atoms with van der Waals surface area (Å²) in [6.45, 7) is 1.98. The molecule has 3 aromatic rings. The first kappa shape index (κ1) is 21.5. The lowest BCUT2D eigenvalue weighted by molar-refractivity contribution is -0.127. The molecule has 0 spiro atoms. The van der Waals surface area contributed by atoms with Crippen LogP contribution >= 0.6 is 11.8 Å². The predicted molar refractivity (Wildman–Crippen MR) is 110 cm³/mol. The molecule has 9 heteroatoms. The number of thioether (sulfide) groups is 1. The third-order valence-corrected chi connectivity index (χ3v) is 5.37. The van der Waals surface area contributed by atoms with E-state index in [1.165, 1.54) is 24.9 Å². The number of imidazole rings is 1. The molecule has 2 amide bonds. The van der Waals surface area contributed by atoms with Gasteiger partial charge in [0, 0.05) is 19.4 Å². The summed E-state index contributed by atoms with van der Waals surface area (Å²) < 4.78 is 28.7. The molecule has 1 atom stereocenters. The van der Waals surface area contributed by atoms with E-state index in [0.717, 1.165) is 23.4 Å². The summed E-state index contributed by atoms with van der Waals surface area (Å²) in [6, 6.07) is 9.71. The Bertz CT molecular complexity index is 1070.